The number of allylic oxidation sites excluding steroid dienone is 10. The molecule has 1 atom stereocenters. The third-order valence-corrected chi connectivity index (χ3v) is 11.1. The highest BCUT2D eigenvalue weighted by Crippen LogP contribution is 2.16. The Hall–Kier alpha value is -2.89. The second-order valence-corrected chi connectivity index (χ2v) is 17.1. The van der Waals surface area contributed by atoms with Crippen molar-refractivity contribution in [2.45, 2.75) is 258 Å². The zero-order valence-electron chi connectivity index (χ0n) is 40.2. The molecule has 0 spiro atoms. The van der Waals surface area contributed by atoms with Gasteiger partial charge in [-0.05, 0) is 51.4 Å². The first-order valence-corrected chi connectivity index (χ1v) is 25.8. The number of unbranched alkanes of at least 4 members (excludes halogenated alkanes) is 25. The topological polar surface area (TPSA) is 78.9 Å². The van der Waals surface area contributed by atoms with Crippen LogP contribution >= 0.6 is 0 Å². The molecule has 0 radical (unpaired) electrons. The molecule has 352 valence electrons. The largest absolute Gasteiger partial charge is 0.462 e. The van der Waals surface area contributed by atoms with E-state index in [2.05, 4.69) is 75.5 Å². The molecule has 0 aliphatic heterocycles. The van der Waals surface area contributed by atoms with E-state index in [1.165, 1.54) is 135 Å². The fourth-order valence-corrected chi connectivity index (χ4v) is 7.20. The van der Waals surface area contributed by atoms with Gasteiger partial charge in [0.1, 0.15) is 13.2 Å². The van der Waals surface area contributed by atoms with Gasteiger partial charge in [-0.15, -0.1) is 0 Å². The normalized spacial score (nSPS) is 12.5. The third kappa shape index (κ3) is 48.0. The Labute approximate surface area is 377 Å². The lowest BCUT2D eigenvalue weighted by Gasteiger charge is -2.18. The predicted octanol–water partition coefficient (Wildman–Crippen LogP) is 16.9. The van der Waals surface area contributed by atoms with Crippen molar-refractivity contribution in [1.82, 2.24) is 0 Å². The van der Waals surface area contributed by atoms with Gasteiger partial charge in [-0.25, -0.2) is 0 Å². The number of carbonyl (C=O) groups excluding carboxylic acids is 3. The highest BCUT2D eigenvalue weighted by Gasteiger charge is 2.19. The Kier molecular flexibility index (Phi) is 47.4. The van der Waals surface area contributed by atoms with Crippen molar-refractivity contribution in [2.24, 2.45) is 0 Å². The maximum absolute atomic E-state index is 12.8. The molecule has 0 rings (SSSR count). The molecular formula is C55H96O6. The molecule has 0 aromatic heterocycles. The van der Waals surface area contributed by atoms with Crippen LogP contribution in [0.5, 0.6) is 0 Å². The first kappa shape index (κ1) is 58.1. The Morgan fingerprint density at radius 1 is 0.344 bits per heavy atom. The van der Waals surface area contributed by atoms with Gasteiger partial charge in [-0.1, -0.05) is 242 Å². The molecule has 0 aliphatic carbocycles. The summed E-state index contributed by atoms with van der Waals surface area (Å²) in [5, 5.41) is 0. The van der Waals surface area contributed by atoms with Gasteiger partial charge in [0.2, 0.25) is 0 Å². The zero-order valence-corrected chi connectivity index (χ0v) is 40.2. The number of carbonyl (C=O) groups is 3. The molecule has 0 amide bonds. The van der Waals surface area contributed by atoms with Crippen LogP contribution in [-0.2, 0) is 28.6 Å². The molecular weight excluding hydrogens is 757 g/mol. The van der Waals surface area contributed by atoms with E-state index in [1.54, 1.807) is 0 Å². The van der Waals surface area contributed by atoms with Crippen LogP contribution in [0.3, 0.4) is 0 Å². The summed E-state index contributed by atoms with van der Waals surface area (Å²) in [7, 11) is 0. The standard InChI is InChI=1S/C55H96O6/c1-4-7-10-13-16-19-22-25-27-28-31-33-36-39-42-45-48-54(57)60-51-52(50-59-53(56)47-44-41-38-35-32-29-24-21-18-15-12-9-6-3)61-55(58)49-46-43-40-37-34-30-26-23-20-17-14-11-8-5-2/h7,10,16,19,25,27,31,33,39,42,52H,4-6,8-9,11-15,17-18,20-24,26,28-30,32,34-38,40-41,43-51H2,1-3H3/b10-7-,19-16-,27-25-,33-31-,42-39-. The van der Waals surface area contributed by atoms with Gasteiger partial charge >= 0.3 is 17.9 Å². The summed E-state index contributed by atoms with van der Waals surface area (Å²) in [4.78, 5) is 37.9. The number of hydrogen-bond donors (Lipinski definition) is 0. The summed E-state index contributed by atoms with van der Waals surface area (Å²) in [5.74, 6) is -0.973. The van der Waals surface area contributed by atoms with Gasteiger partial charge in [-0.3, -0.25) is 14.4 Å². The maximum Gasteiger partial charge on any atom is 0.306 e. The molecule has 1 unspecified atom stereocenters. The predicted molar refractivity (Wildman–Crippen MR) is 261 cm³/mol. The fraction of sp³-hybridized carbons (Fsp3) is 0.764. The van der Waals surface area contributed by atoms with Crippen LogP contribution in [0.4, 0.5) is 0 Å². The number of ether oxygens (including phenoxy) is 3. The molecule has 6 heteroatoms. The Bertz CT molecular complexity index is 1120. The summed E-state index contributed by atoms with van der Waals surface area (Å²) in [6, 6.07) is 0. The van der Waals surface area contributed by atoms with Gasteiger partial charge in [0.15, 0.2) is 6.10 Å². The van der Waals surface area contributed by atoms with Crippen LogP contribution in [0, 0.1) is 0 Å². The van der Waals surface area contributed by atoms with E-state index in [9.17, 15) is 14.4 Å². The quantitative estimate of drug-likeness (QED) is 0.0263. The third-order valence-electron chi connectivity index (χ3n) is 11.1. The lowest BCUT2D eigenvalue weighted by atomic mass is 10.0. The maximum atomic E-state index is 12.8. The highest BCUT2D eigenvalue weighted by molar-refractivity contribution is 5.71. The van der Waals surface area contributed by atoms with E-state index in [-0.39, 0.29) is 37.5 Å². The Balaban J connectivity index is 4.46. The first-order valence-electron chi connectivity index (χ1n) is 25.8. The summed E-state index contributed by atoms with van der Waals surface area (Å²) in [6.07, 6.45) is 60.7. The van der Waals surface area contributed by atoms with Crippen LogP contribution in [-0.4, -0.2) is 37.2 Å². The zero-order chi connectivity index (χ0) is 44.4. The van der Waals surface area contributed by atoms with E-state index < -0.39 is 6.10 Å². The highest BCUT2D eigenvalue weighted by atomic mass is 16.6. The monoisotopic (exact) mass is 853 g/mol. The van der Waals surface area contributed by atoms with Crippen molar-refractivity contribution >= 4 is 17.9 Å². The molecule has 0 N–H and O–H groups in total. The van der Waals surface area contributed by atoms with Crippen molar-refractivity contribution in [3.63, 3.8) is 0 Å². The molecule has 0 aliphatic rings. The van der Waals surface area contributed by atoms with Crippen LogP contribution < -0.4 is 0 Å². The second-order valence-electron chi connectivity index (χ2n) is 17.1. The smallest absolute Gasteiger partial charge is 0.306 e. The van der Waals surface area contributed by atoms with E-state index in [0.717, 1.165) is 70.6 Å². The summed E-state index contributed by atoms with van der Waals surface area (Å²) in [5.41, 5.74) is 0. The minimum atomic E-state index is -0.799. The van der Waals surface area contributed by atoms with Crippen molar-refractivity contribution in [2.75, 3.05) is 13.2 Å². The first-order chi connectivity index (χ1) is 30.0. The molecule has 6 nitrogen and oxygen atoms in total. The molecule has 0 fully saturated rings. The molecule has 0 saturated carbocycles. The van der Waals surface area contributed by atoms with Crippen molar-refractivity contribution < 1.29 is 28.6 Å². The van der Waals surface area contributed by atoms with Gasteiger partial charge in [0.25, 0.3) is 0 Å². The average Bonchev–Trinajstić information content (AvgIpc) is 3.26. The average molecular weight is 853 g/mol. The number of rotatable bonds is 46. The van der Waals surface area contributed by atoms with Crippen molar-refractivity contribution in [3.8, 4) is 0 Å². The van der Waals surface area contributed by atoms with Crippen LogP contribution in [0.25, 0.3) is 0 Å². The molecule has 0 aromatic carbocycles. The molecule has 0 bridgehead atoms. The summed E-state index contributed by atoms with van der Waals surface area (Å²) >= 11 is 0. The number of hydrogen-bond acceptors (Lipinski definition) is 6. The summed E-state index contributed by atoms with van der Waals surface area (Å²) < 4.78 is 16.7. The Morgan fingerprint density at radius 3 is 1.00 bits per heavy atom. The van der Waals surface area contributed by atoms with Gasteiger partial charge in [-0.2, -0.15) is 0 Å². The van der Waals surface area contributed by atoms with E-state index in [4.69, 9.17) is 14.2 Å². The van der Waals surface area contributed by atoms with Gasteiger partial charge < -0.3 is 14.2 Å². The SMILES string of the molecule is CC/C=C\C/C=C\C/C=C\C/C=C\C/C=C\CCC(=O)OCC(COC(=O)CCCCCCCCCCCCCCC)OC(=O)CCCCCCCCCCCCCCCC. The van der Waals surface area contributed by atoms with Gasteiger partial charge in [0.05, 0.1) is 0 Å². The van der Waals surface area contributed by atoms with E-state index in [1.807, 2.05) is 6.08 Å². The van der Waals surface area contributed by atoms with Crippen LogP contribution in [0.15, 0.2) is 60.8 Å². The van der Waals surface area contributed by atoms with Crippen molar-refractivity contribution in [3.05, 3.63) is 60.8 Å². The summed E-state index contributed by atoms with van der Waals surface area (Å²) in [6.45, 7) is 6.47. The minimum absolute atomic E-state index is 0.0934. The van der Waals surface area contributed by atoms with Crippen LogP contribution in [0.1, 0.15) is 252 Å². The fourth-order valence-electron chi connectivity index (χ4n) is 7.20. The Morgan fingerprint density at radius 2 is 0.639 bits per heavy atom. The van der Waals surface area contributed by atoms with Crippen LogP contribution in [0.2, 0.25) is 0 Å². The van der Waals surface area contributed by atoms with Crippen molar-refractivity contribution in [1.29, 1.82) is 0 Å². The second kappa shape index (κ2) is 49.8. The minimum Gasteiger partial charge on any atom is -0.462 e. The van der Waals surface area contributed by atoms with E-state index in [0.29, 0.717) is 19.3 Å². The molecule has 0 heterocycles. The lowest BCUT2D eigenvalue weighted by molar-refractivity contribution is -0.166. The lowest BCUT2D eigenvalue weighted by Crippen LogP contribution is -2.30. The van der Waals surface area contributed by atoms with Gasteiger partial charge in [0, 0.05) is 19.3 Å². The molecule has 0 saturated heterocycles. The molecule has 0 aromatic rings. The number of esters is 3. The van der Waals surface area contributed by atoms with E-state index >= 15 is 0 Å². The molecule has 61 heavy (non-hydrogen) atoms.